The summed E-state index contributed by atoms with van der Waals surface area (Å²) in [5, 5.41) is 22.3. The standard InChI is InChI=1S/C14H10N6O6S2.C14H14N2O3.2Na/c15-19-17-11-5-3-9(13(7-11)27(21,22)23)1-2-10-4-6-12(18-20-16)8-14(10)28(24,25)26;1-18-13-7-3-11(4-8-13)15-16(17)12-5-9-14(19-2)10-6-12;;/h1-8H,(H,21,22,23)(H,24,25,26);3-10H,1-2H3;;/q;;2*+1/p-2/i;1D3,2D3,3D,4D,5D,6D,7D,8D,9D,10D;;. The van der Waals surface area contributed by atoms with Crippen molar-refractivity contribution in [1.29, 1.82) is 0 Å². The van der Waals surface area contributed by atoms with E-state index >= 15 is 0 Å². The Morgan fingerprint density at radius 1 is 0.735 bits per heavy atom. The van der Waals surface area contributed by atoms with Crippen molar-refractivity contribution in [1.82, 2.24) is 0 Å². The molecule has 0 aromatic heterocycles. The van der Waals surface area contributed by atoms with Crippen molar-refractivity contribution in [3.05, 3.63) is 122 Å². The van der Waals surface area contributed by atoms with E-state index in [4.69, 9.17) is 30.3 Å². The van der Waals surface area contributed by atoms with Crippen molar-refractivity contribution in [2.75, 3.05) is 14.1 Å². The molecule has 0 bridgehead atoms. The largest absolute Gasteiger partial charge is 1.00 e. The van der Waals surface area contributed by atoms with Crippen molar-refractivity contribution in [3.63, 3.8) is 0 Å². The average Bonchev–Trinajstić information content (AvgIpc) is 3.14. The Morgan fingerprint density at radius 3 is 1.51 bits per heavy atom. The molecule has 0 spiro atoms. The number of hydrogen-bond donors (Lipinski definition) is 0. The molecule has 0 heterocycles. The first-order chi connectivity index (χ1) is 27.9. The van der Waals surface area contributed by atoms with E-state index in [-0.39, 0.29) is 81.6 Å². The van der Waals surface area contributed by atoms with Gasteiger partial charge in [0, 0.05) is 38.4 Å². The fourth-order valence-corrected chi connectivity index (χ4v) is 4.52. The van der Waals surface area contributed by atoms with Gasteiger partial charge in [0.2, 0.25) is 5.69 Å². The van der Waals surface area contributed by atoms with Crippen LogP contribution in [0.5, 0.6) is 11.5 Å². The molecule has 17 nitrogen and oxygen atoms in total. The first-order valence-corrected chi connectivity index (χ1v) is 14.5. The predicted molar refractivity (Wildman–Crippen MR) is 167 cm³/mol. The van der Waals surface area contributed by atoms with Gasteiger partial charge in [0.15, 0.2) is 0 Å². The van der Waals surface area contributed by atoms with E-state index in [1.54, 1.807) is 0 Å². The number of azo groups is 1. The van der Waals surface area contributed by atoms with Gasteiger partial charge in [0.05, 0.1) is 43.1 Å². The van der Waals surface area contributed by atoms with Gasteiger partial charge in [0.25, 0.3) is 0 Å². The van der Waals surface area contributed by atoms with Crippen LogP contribution in [0.1, 0.15) is 30.3 Å². The Kier molecular flexibility index (Phi) is 10.2. The van der Waals surface area contributed by atoms with E-state index in [9.17, 15) is 31.1 Å². The minimum atomic E-state index is -4.95. The van der Waals surface area contributed by atoms with Gasteiger partial charge in [-0.05, 0) is 70.6 Å². The van der Waals surface area contributed by atoms with Gasteiger partial charge in [-0.25, -0.2) is 16.8 Å². The van der Waals surface area contributed by atoms with Gasteiger partial charge in [0.1, 0.15) is 37.4 Å². The Hall–Kier alpha value is -3.94. The zero-order valence-corrected chi connectivity index (χ0v) is 30.3. The van der Waals surface area contributed by atoms with Gasteiger partial charge >= 0.3 is 59.1 Å². The molecular weight excluding hydrogens is 702 g/mol. The molecule has 242 valence electrons. The van der Waals surface area contributed by atoms with E-state index in [0.717, 1.165) is 24.3 Å². The molecule has 0 aliphatic carbocycles. The molecule has 21 heteroatoms. The van der Waals surface area contributed by atoms with Gasteiger partial charge in [-0.1, -0.05) is 51.5 Å². The van der Waals surface area contributed by atoms with Crippen LogP contribution in [0.25, 0.3) is 33.0 Å². The molecule has 0 atom stereocenters. The molecule has 0 amide bonds. The second kappa shape index (κ2) is 19.9. The van der Waals surface area contributed by atoms with E-state index < -0.39 is 120 Å². The van der Waals surface area contributed by atoms with Crippen LogP contribution in [0.15, 0.2) is 110 Å². The second-order valence-electron chi connectivity index (χ2n) is 8.00. The Bertz CT molecular complexity index is 2670. The van der Waals surface area contributed by atoms with Crippen LogP contribution in [0.4, 0.5) is 22.7 Å². The molecule has 0 saturated carbocycles. The summed E-state index contributed by atoms with van der Waals surface area (Å²) >= 11 is 0. The van der Waals surface area contributed by atoms with Crippen LogP contribution >= 0.6 is 0 Å². The number of benzene rings is 4. The first-order valence-electron chi connectivity index (χ1n) is 18.7. The van der Waals surface area contributed by atoms with Crippen molar-refractivity contribution in [2.24, 2.45) is 15.3 Å². The topological polar surface area (TPSA) is 269 Å². The molecule has 0 aliphatic rings. The maximum absolute atomic E-state index is 12.6. The molecule has 0 N–H and O–H groups in total. The molecule has 0 radical (unpaired) electrons. The smallest absolute Gasteiger partial charge is 0.744 e. The van der Waals surface area contributed by atoms with E-state index in [1.165, 1.54) is 24.3 Å². The van der Waals surface area contributed by atoms with Crippen LogP contribution in [0.2, 0.25) is 0 Å². The number of nitrogens with zero attached hydrogens (tertiary/aromatic N) is 8. The number of ether oxygens (including phenoxy) is 2. The van der Waals surface area contributed by atoms with Gasteiger partial charge < -0.3 is 23.8 Å². The Labute approximate surface area is 344 Å². The summed E-state index contributed by atoms with van der Waals surface area (Å²) in [6.07, 6.45) is 2.20. The Balaban J connectivity index is 0.000000618. The molecule has 4 rings (SSSR count). The summed E-state index contributed by atoms with van der Waals surface area (Å²) in [4.78, 5) is 3.08. The number of rotatable bonds is 10. The molecule has 0 saturated heterocycles. The number of azide groups is 2. The van der Waals surface area contributed by atoms with Crippen LogP contribution < -0.4 is 68.6 Å². The number of hydrogen-bond acceptors (Lipinski definition) is 12. The zero-order valence-electron chi connectivity index (χ0n) is 38.7. The van der Waals surface area contributed by atoms with Crippen molar-refractivity contribution in [3.8, 4) is 11.5 Å². The monoisotopic (exact) mass is 738 g/mol. The van der Waals surface area contributed by atoms with Gasteiger partial charge in [-0.3, -0.25) is 0 Å². The summed E-state index contributed by atoms with van der Waals surface area (Å²) in [6, 6.07) is -1.49. The maximum atomic E-state index is 12.6. The summed E-state index contributed by atoms with van der Waals surface area (Å²) < 4.78 is 183. The van der Waals surface area contributed by atoms with E-state index in [0.29, 0.717) is 0 Å². The fourth-order valence-electron chi connectivity index (χ4n) is 3.14. The first kappa shape index (κ1) is 25.1. The second-order valence-corrected chi connectivity index (χ2v) is 10.7. The van der Waals surface area contributed by atoms with Crippen LogP contribution in [-0.2, 0) is 20.2 Å². The zero-order chi connectivity index (χ0) is 46.6. The van der Waals surface area contributed by atoms with Crippen LogP contribution in [0, 0.1) is 5.21 Å². The molecule has 0 fully saturated rings. The van der Waals surface area contributed by atoms with Crippen LogP contribution in [-0.4, -0.2) is 44.9 Å². The third kappa shape index (κ3) is 13.1. The van der Waals surface area contributed by atoms with Gasteiger partial charge in [-0.2, -0.15) is 0 Å². The van der Waals surface area contributed by atoms with E-state index in [2.05, 4.69) is 34.6 Å². The van der Waals surface area contributed by atoms with Crippen molar-refractivity contribution in [2.45, 2.75) is 9.79 Å². The Morgan fingerprint density at radius 2 is 1.14 bits per heavy atom. The SMILES string of the molecule is [2H]c1c([2H])c(OC([2H])([2H])[2H])c([2H])c([2H])c1N=[N+]([O-])c1c([2H])c([2H])c(OC([2H])([2H])[2H])c([2H])c1[2H].[N-]=[N+]=Nc1ccc(C=Cc2ccc(N=[N+]=[N-])cc2S(=O)(=O)[O-])c(S(=O)(=O)[O-])c1.[Na+].[Na+]. The summed E-state index contributed by atoms with van der Waals surface area (Å²) in [5.74, 6) is -1.87. The third-order valence-corrected chi connectivity index (χ3v) is 6.84. The van der Waals surface area contributed by atoms with Crippen molar-refractivity contribution >= 4 is 55.1 Å². The normalized spacial score (nSPS) is 15.6. The summed E-state index contributed by atoms with van der Waals surface area (Å²) in [7, 11) is -16.1. The molecule has 4 aromatic rings. The molecule has 49 heavy (non-hydrogen) atoms. The molecular formula is C28H22N8Na2O9S2. The van der Waals surface area contributed by atoms with Gasteiger partial charge in [-0.15, -0.1) is 0 Å². The molecule has 0 aliphatic heterocycles. The summed E-state index contributed by atoms with van der Waals surface area (Å²) in [5.41, 5.74) is 14.4. The molecule has 4 aromatic carbocycles. The minimum absolute atomic E-state index is 0. The third-order valence-electron chi connectivity index (χ3n) is 5.06. The average molecular weight is 739 g/mol. The van der Waals surface area contributed by atoms with Crippen molar-refractivity contribution < 1.29 is 119 Å². The quantitative estimate of drug-likeness (QED) is 0.0330. The predicted octanol–water partition coefficient (Wildman–Crippen LogP) is 1.19. The maximum Gasteiger partial charge on any atom is 1.00 e. The minimum Gasteiger partial charge on any atom is -0.744 e. The fraction of sp³-hybridized carbons (Fsp3) is 0.0714. The van der Waals surface area contributed by atoms with Crippen LogP contribution in [0.3, 0.4) is 0 Å². The molecule has 0 unspecified atom stereocenters. The summed E-state index contributed by atoms with van der Waals surface area (Å²) in [6.45, 7) is 0. The number of methoxy groups -OCH3 is 2. The van der Waals surface area contributed by atoms with E-state index in [1.807, 2.05) is 0 Å².